The number of anilines is 2. The lowest BCUT2D eigenvalue weighted by Crippen LogP contribution is -2.18. The van der Waals surface area contributed by atoms with E-state index in [0.717, 1.165) is 5.56 Å². The molecule has 1 aromatic carbocycles. The van der Waals surface area contributed by atoms with Crippen molar-refractivity contribution in [2.75, 3.05) is 11.1 Å². The Morgan fingerprint density at radius 2 is 2.00 bits per heavy atom. The number of para-hydroxylation sites is 1. The zero-order valence-electron chi connectivity index (χ0n) is 11.3. The van der Waals surface area contributed by atoms with Gasteiger partial charge in [-0.3, -0.25) is 9.59 Å². The van der Waals surface area contributed by atoms with E-state index in [2.05, 4.69) is 5.32 Å². The fraction of sp³-hybridized carbons (Fsp3) is 0.200. The molecule has 0 aliphatic carbocycles. The summed E-state index contributed by atoms with van der Waals surface area (Å²) >= 11 is 0. The Balaban J connectivity index is 1.94. The Hall–Kier alpha value is -2.56. The van der Waals surface area contributed by atoms with Crippen molar-refractivity contribution >= 4 is 17.3 Å². The molecule has 0 fully saturated rings. The van der Waals surface area contributed by atoms with Gasteiger partial charge in [0.05, 0.1) is 5.69 Å². The third-order valence-electron chi connectivity index (χ3n) is 3.05. The van der Waals surface area contributed by atoms with Crippen molar-refractivity contribution in [3.8, 4) is 0 Å². The lowest BCUT2D eigenvalue weighted by molar-refractivity contribution is -0.116. The van der Waals surface area contributed by atoms with E-state index in [-0.39, 0.29) is 11.5 Å². The average molecular weight is 271 g/mol. The molecular weight excluding hydrogens is 254 g/mol. The van der Waals surface area contributed by atoms with Crippen LogP contribution in [0.4, 0.5) is 11.4 Å². The topological polar surface area (TPSA) is 77.1 Å². The number of rotatable bonds is 4. The third-order valence-corrected chi connectivity index (χ3v) is 3.05. The van der Waals surface area contributed by atoms with Gasteiger partial charge in [0.2, 0.25) is 11.5 Å². The van der Waals surface area contributed by atoms with Crippen LogP contribution in [0.2, 0.25) is 0 Å². The van der Waals surface area contributed by atoms with Crippen LogP contribution in [0.5, 0.6) is 0 Å². The fourth-order valence-corrected chi connectivity index (χ4v) is 1.90. The molecule has 5 nitrogen and oxygen atoms in total. The first kappa shape index (κ1) is 13.9. The SMILES string of the molecule is Cn1cc(NC(=O)CCc2ccccc2N)ccc1=O. The summed E-state index contributed by atoms with van der Waals surface area (Å²) < 4.78 is 1.42. The highest BCUT2D eigenvalue weighted by atomic mass is 16.1. The minimum absolute atomic E-state index is 0.105. The normalized spacial score (nSPS) is 10.2. The molecule has 0 bridgehead atoms. The molecule has 0 aliphatic heterocycles. The van der Waals surface area contributed by atoms with Gasteiger partial charge in [0.15, 0.2) is 0 Å². The molecule has 2 aromatic rings. The van der Waals surface area contributed by atoms with Gasteiger partial charge >= 0.3 is 0 Å². The molecule has 0 saturated heterocycles. The highest BCUT2D eigenvalue weighted by Crippen LogP contribution is 2.13. The van der Waals surface area contributed by atoms with Gasteiger partial charge in [0.1, 0.15) is 0 Å². The number of aryl methyl sites for hydroxylation is 2. The van der Waals surface area contributed by atoms with Crippen molar-refractivity contribution in [2.45, 2.75) is 12.8 Å². The summed E-state index contributed by atoms with van der Waals surface area (Å²) in [5.74, 6) is -0.105. The van der Waals surface area contributed by atoms with Crippen LogP contribution in [0.1, 0.15) is 12.0 Å². The first-order valence-electron chi connectivity index (χ1n) is 6.36. The zero-order chi connectivity index (χ0) is 14.5. The average Bonchev–Trinajstić information content (AvgIpc) is 2.42. The fourth-order valence-electron chi connectivity index (χ4n) is 1.90. The van der Waals surface area contributed by atoms with E-state index in [1.807, 2.05) is 24.3 Å². The Kier molecular flexibility index (Phi) is 4.20. The number of hydrogen-bond donors (Lipinski definition) is 2. The standard InChI is InChI=1S/C15H17N3O2/c1-18-10-12(7-9-15(18)20)17-14(19)8-6-11-4-2-3-5-13(11)16/h2-5,7,9-10H,6,8,16H2,1H3,(H,17,19). The maximum atomic E-state index is 11.9. The Morgan fingerprint density at radius 1 is 1.25 bits per heavy atom. The van der Waals surface area contributed by atoms with Crippen LogP contribution in [0.15, 0.2) is 47.4 Å². The minimum atomic E-state index is -0.111. The maximum absolute atomic E-state index is 11.9. The minimum Gasteiger partial charge on any atom is -0.399 e. The summed E-state index contributed by atoms with van der Waals surface area (Å²) in [6.45, 7) is 0. The van der Waals surface area contributed by atoms with E-state index in [0.29, 0.717) is 24.2 Å². The second kappa shape index (κ2) is 6.06. The summed E-state index contributed by atoms with van der Waals surface area (Å²) in [5, 5.41) is 2.76. The number of nitrogens with one attached hydrogen (secondary N) is 1. The zero-order valence-corrected chi connectivity index (χ0v) is 11.3. The first-order valence-corrected chi connectivity index (χ1v) is 6.36. The highest BCUT2D eigenvalue weighted by Gasteiger charge is 2.05. The third kappa shape index (κ3) is 3.47. The number of nitrogens with zero attached hydrogens (tertiary/aromatic N) is 1. The van der Waals surface area contributed by atoms with Crippen LogP contribution in [0, 0.1) is 0 Å². The van der Waals surface area contributed by atoms with E-state index >= 15 is 0 Å². The molecule has 20 heavy (non-hydrogen) atoms. The van der Waals surface area contributed by atoms with Gasteiger partial charge in [0.25, 0.3) is 0 Å². The van der Waals surface area contributed by atoms with Crippen molar-refractivity contribution in [3.05, 3.63) is 58.5 Å². The van der Waals surface area contributed by atoms with Crippen LogP contribution in [0.3, 0.4) is 0 Å². The Labute approximate surface area is 117 Å². The molecule has 0 aliphatic rings. The highest BCUT2D eigenvalue weighted by molar-refractivity contribution is 5.90. The van der Waals surface area contributed by atoms with E-state index in [4.69, 9.17) is 5.73 Å². The Bertz CT molecular complexity index is 677. The van der Waals surface area contributed by atoms with Crippen LogP contribution in [0.25, 0.3) is 0 Å². The number of nitrogen functional groups attached to an aromatic ring is 1. The number of nitrogens with two attached hydrogens (primary N) is 1. The Morgan fingerprint density at radius 3 is 2.70 bits per heavy atom. The van der Waals surface area contributed by atoms with Gasteiger partial charge < -0.3 is 15.6 Å². The summed E-state index contributed by atoms with van der Waals surface area (Å²) in [6.07, 6.45) is 2.53. The molecule has 0 unspecified atom stereocenters. The van der Waals surface area contributed by atoms with Crippen molar-refractivity contribution in [3.63, 3.8) is 0 Å². The number of amides is 1. The van der Waals surface area contributed by atoms with E-state index in [1.54, 1.807) is 19.3 Å². The van der Waals surface area contributed by atoms with Gasteiger partial charge in [-0.05, 0) is 24.1 Å². The first-order chi connectivity index (χ1) is 9.56. The largest absolute Gasteiger partial charge is 0.399 e. The van der Waals surface area contributed by atoms with Crippen molar-refractivity contribution in [1.82, 2.24) is 4.57 Å². The van der Waals surface area contributed by atoms with Crippen molar-refractivity contribution < 1.29 is 4.79 Å². The summed E-state index contributed by atoms with van der Waals surface area (Å²) in [6, 6.07) is 10.5. The molecule has 0 atom stereocenters. The van der Waals surface area contributed by atoms with Crippen LogP contribution < -0.4 is 16.6 Å². The predicted molar refractivity (Wildman–Crippen MR) is 79.5 cm³/mol. The van der Waals surface area contributed by atoms with Gasteiger partial charge in [-0.25, -0.2) is 0 Å². The van der Waals surface area contributed by atoms with E-state index < -0.39 is 0 Å². The molecule has 1 heterocycles. The maximum Gasteiger partial charge on any atom is 0.250 e. The lowest BCUT2D eigenvalue weighted by atomic mass is 10.1. The lowest BCUT2D eigenvalue weighted by Gasteiger charge is -2.07. The van der Waals surface area contributed by atoms with Gasteiger partial charge in [-0.1, -0.05) is 18.2 Å². The molecule has 3 N–H and O–H groups in total. The number of benzene rings is 1. The number of carbonyl (C=O) groups excluding carboxylic acids is 1. The van der Waals surface area contributed by atoms with Gasteiger partial charge in [0, 0.05) is 31.4 Å². The van der Waals surface area contributed by atoms with E-state index in [9.17, 15) is 9.59 Å². The number of hydrogen-bond acceptors (Lipinski definition) is 3. The van der Waals surface area contributed by atoms with Gasteiger partial charge in [-0.15, -0.1) is 0 Å². The molecule has 5 heteroatoms. The smallest absolute Gasteiger partial charge is 0.250 e. The van der Waals surface area contributed by atoms with Gasteiger partial charge in [-0.2, -0.15) is 0 Å². The molecule has 0 saturated carbocycles. The monoisotopic (exact) mass is 271 g/mol. The molecule has 2 rings (SSSR count). The van der Waals surface area contributed by atoms with Crippen LogP contribution in [-0.2, 0) is 18.3 Å². The van der Waals surface area contributed by atoms with Crippen LogP contribution in [-0.4, -0.2) is 10.5 Å². The molecule has 1 amide bonds. The van der Waals surface area contributed by atoms with E-state index in [1.165, 1.54) is 10.6 Å². The summed E-state index contributed by atoms with van der Waals surface area (Å²) in [7, 11) is 1.64. The molecule has 104 valence electrons. The quantitative estimate of drug-likeness (QED) is 0.828. The second-order valence-electron chi connectivity index (χ2n) is 4.61. The molecule has 0 spiro atoms. The number of aromatic nitrogens is 1. The summed E-state index contributed by atoms with van der Waals surface area (Å²) in [5.41, 5.74) is 7.98. The van der Waals surface area contributed by atoms with Crippen LogP contribution >= 0.6 is 0 Å². The second-order valence-corrected chi connectivity index (χ2v) is 4.61. The predicted octanol–water partition coefficient (Wildman–Crippen LogP) is 1.54. The number of carbonyl (C=O) groups is 1. The number of pyridine rings is 1. The molecule has 1 aromatic heterocycles. The molecular formula is C15H17N3O2. The van der Waals surface area contributed by atoms with Crippen molar-refractivity contribution in [2.24, 2.45) is 7.05 Å². The molecule has 0 radical (unpaired) electrons. The van der Waals surface area contributed by atoms with Crippen molar-refractivity contribution in [1.29, 1.82) is 0 Å². The summed E-state index contributed by atoms with van der Waals surface area (Å²) in [4.78, 5) is 23.1.